The molecular weight excluding hydrogens is 420 g/mol. The number of nitrogens with one attached hydrogen (secondary N) is 1. The fourth-order valence-electron chi connectivity index (χ4n) is 5.30. The van der Waals surface area contributed by atoms with Gasteiger partial charge in [0.1, 0.15) is 5.52 Å². The van der Waals surface area contributed by atoms with Crippen molar-refractivity contribution in [3.8, 4) is 0 Å². The first-order chi connectivity index (χ1) is 14.6. The minimum absolute atomic E-state index is 0. The Morgan fingerprint density at radius 1 is 1.29 bits per heavy atom. The van der Waals surface area contributed by atoms with Crippen molar-refractivity contribution < 1.29 is 19.1 Å². The second kappa shape index (κ2) is 9.32. The van der Waals surface area contributed by atoms with Crippen LogP contribution in [-0.4, -0.2) is 78.5 Å². The highest BCUT2D eigenvalue weighted by Crippen LogP contribution is 2.33. The van der Waals surface area contributed by atoms with Crippen LogP contribution in [0.15, 0.2) is 22.6 Å². The number of aromatic nitrogens is 1. The lowest BCUT2D eigenvalue weighted by molar-refractivity contribution is 0.0463. The summed E-state index contributed by atoms with van der Waals surface area (Å²) in [5.74, 6) is -0.0891. The summed E-state index contributed by atoms with van der Waals surface area (Å²) in [6.07, 6.45) is 5.73. The van der Waals surface area contributed by atoms with Gasteiger partial charge in [-0.05, 0) is 44.9 Å². The summed E-state index contributed by atoms with van der Waals surface area (Å²) in [7, 11) is 2.22. The van der Waals surface area contributed by atoms with Gasteiger partial charge in [0.2, 0.25) is 0 Å². The Morgan fingerprint density at radius 2 is 2.06 bits per heavy atom. The maximum absolute atomic E-state index is 13.2. The summed E-state index contributed by atoms with van der Waals surface area (Å²) in [6.45, 7) is 1.55. The average Bonchev–Trinajstić information content (AvgIpc) is 3.18. The van der Waals surface area contributed by atoms with Crippen LogP contribution in [-0.2, 0) is 4.74 Å². The van der Waals surface area contributed by atoms with E-state index < -0.39 is 0 Å². The standard InChI is InChI=1S/C22H30N4O4.ClH/c1-25-15-4-2-5-16(25)11-14(10-15)23-21(28)18-6-3-7-19-20(18)24-22(30-19)26-8-9-29-13-17(26)12-27;/h3,6-7,14-17,27H,2,4-5,8-13H2,1H3,(H,23,28);1H/t14?,15?,16?,17-;/m0./s1. The zero-order valence-corrected chi connectivity index (χ0v) is 18.6. The lowest BCUT2D eigenvalue weighted by Crippen LogP contribution is -2.55. The maximum atomic E-state index is 13.2. The number of halogens is 1. The molecule has 1 aromatic heterocycles. The molecule has 3 atom stereocenters. The molecule has 2 unspecified atom stereocenters. The summed E-state index contributed by atoms with van der Waals surface area (Å²) in [5.41, 5.74) is 1.70. The Bertz CT molecular complexity index is 908. The molecule has 0 radical (unpaired) electrons. The highest BCUT2D eigenvalue weighted by Gasteiger charge is 2.36. The second-order valence-electron chi connectivity index (χ2n) is 8.80. The van der Waals surface area contributed by atoms with Crippen LogP contribution in [0.25, 0.3) is 11.1 Å². The molecule has 0 aliphatic carbocycles. The molecule has 8 nitrogen and oxygen atoms in total. The third kappa shape index (κ3) is 4.26. The SMILES string of the molecule is CN1C2CCCC1CC(NC(=O)c1cccc3oc(N4CCOC[C@@H]4CO)nc13)C2.Cl. The van der Waals surface area contributed by atoms with E-state index in [4.69, 9.17) is 9.15 Å². The van der Waals surface area contributed by atoms with E-state index in [-0.39, 0.29) is 37.0 Å². The normalized spacial score (nSPS) is 28.9. The predicted molar refractivity (Wildman–Crippen MR) is 120 cm³/mol. The molecule has 3 fully saturated rings. The molecule has 31 heavy (non-hydrogen) atoms. The van der Waals surface area contributed by atoms with E-state index in [0.717, 1.165) is 12.8 Å². The molecule has 3 aliphatic heterocycles. The fraction of sp³-hybridized carbons (Fsp3) is 0.636. The molecular formula is C22H31ClN4O4. The van der Waals surface area contributed by atoms with E-state index >= 15 is 0 Å². The summed E-state index contributed by atoms with van der Waals surface area (Å²) in [5, 5.41) is 12.9. The fourth-order valence-corrected chi connectivity index (χ4v) is 5.30. The Morgan fingerprint density at radius 3 is 2.81 bits per heavy atom. The van der Waals surface area contributed by atoms with Crippen LogP contribution in [0.4, 0.5) is 6.01 Å². The van der Waals surface area contributed by atoms with Crippen LogP contribution >= 0.6 is 12.4 Å². The topological polar surface area (TPSA) is 91.1 Å². The van der Waals surface area contributed by atoms with Gasteiger partial charge >= 0.3 is 0 Å². The zero-order chi connectivity index (χ0) is 20.7. The number of oxazole rings is 1. The number of nitrogens with zero attached hydrogens (tertiary/aromatic N) is 3. The number of aliphatic hydroxyl groups excluding tert-OH is 1. The Kier molecular flexibility index (Phi) is 6.71. The summed E-state index contributed by atoms with van der Waals surface area (Å²) in [4.78, 5) is 22.2. The van der Waals surface area contributed by atoms with Crippen LogP contribution < -0.4 is 10.2 Å². The number of piperidine rings is 2. The molecule has 2 N–H and O–H groups in total. The van der Waals surface area contributed by atoms with Gasteiger partial charge in [-0.25, -0.2) is 0 Å². The van der Waals surface area contributed by atoms with Crippen molar-refractivity contribution in [3.05, 3.63) is 23.8 Å². The van der Waals surface area contributed by atoms with Gasteiger partial charge in [-0.2, -0.15) is 4.98 Å². The van der Waals surface area contributed by atoms with Crippen LogP contribution in [0.2, 0.25) is 0 Å². The molecule has 0 spiro atoms. The Labute approximate surface area is 188 Å². The van der Waals surface area contributed by atoms with Gasteiger partial charge in [-0.15, -0.1) is 12.4 Å². The smallest absolute Gasteiger partial charge is 0.298 e. The number of hydrogen-bond acceptors (Lipinski definition) is 7. The number of fused-ring (bicyclic) bond motifs is 3. The first-order valence-electron chi connectivity index (χ1n) is 11.0. The molecule has 0 saturated carbocycles. The van der Waals surface area contributed by atoms with Crippen LogP contribution in [0.3, 0.4) is 0 Å². The van der Waals surface area contributed by atoms with Gasteiger partial charge in [0.05, 0.1) is 31.4 Å². The Balaban J connectivity index is 0.00000231. The third-order valence-electron chi connectivity index (χ3n) is 7.01. The molecule has 4 heterocycles. The van der Waals surface area contributed by atoms with E-state index in [9.17, 15) is 9.90 Å². The minimum Gasteiger partial charge on any atom is -0.423 e. The van der Waals surface area contributed by atoms with Crippen molar-refractivity contribution in [1.29, 1.82) is 0 Å². The van der Waals surface area contributed by atoms with Crippen molar-refractivity contribution in [1.82, 2.24) is 15.2 Å². The lowest BCUT2D eigenvalue weighted by atomic mass is 9.82. The summed E-state index contributed by atoms with van der Waals surface area (Å²) in [6, 6.07) is 7.04. The van der Waals surface area contributed by atoms with Crippen molar-refractivity contribution in [2.24, 2.45) is 0 Å². The quantitative estimate of drug-likeness (QED) is 0.737. The van der Waals surface area contributed by atoms with Gasteiger partial charge < -0.3 is 29.4 Å². The van der Waals surface area contributed by atoms with E-state index in [1.807, 2.05) is 23.1 Å². The second-order valence-corrected chi connectivity index (χ2v) is 8.80. The van der Waals surface area contributed by atoms with Crippen LogP contribution in [0.5, 0.6) is 0 Å². The van der Waals surface area contributed by atoms with E-state index in [2.05, 4.69) is 22.2 Å². The van der Waals surface area contributed by atoms with Gasteiger partial charge in [0.15, 0.2) is 5.58 Å². The number of carbonyl (C=O) groups is 1. The molecule has 2 aromatic rings. The number of rotatable bonds is 4. The highest BCUT2D eigenvalue weighted by molar-refractivity contribution is 6.04. The number of morpholine rings is 1. The van der Waals surface area contributed by atoms with Crippen molar-refractivity contribution in [2.45, 2.75) is 56.3 Å². The third-order valence-corrected chi connectivity index (χ3v) is 7.01. The summed E-state index contributed by atoms with van der Waals surface area (Å²) < 4.78 is 11.4. The predicted octanol–water partition coefficient (Wildman–Crippen LogP) is 2.19. The van der Waals surface area contributed by atoms with Crippen molar-refractivity contribution in [3.63, 3.8) is 0 Å². The molecule has 3 aliphatic rings. The number of aliphatic hydroxyl groups is 1. The lowest BCUT2D eigenvalue weighted by Gasteiger charge is -2.47. The van der Waals surface area contributed by atoms with E-state index in [0.29, 0.717) is 54.5 Å². The molecule has 1 aromatic carbocycles. The maximum Gasteiger partial charge on any atom is 0.298 e. The van der Waals surface area contributed by atoms with Crippen LogP contribution in [0, 0.1) is 0 Å². The molecule has 3 saturated heterocycles. The number of ether oxygens (including phenoxy) is 1. The molecule has 2 bridgehead atoms. The van der Waals surface area contributed by atoms with Gasteiger partial charge in [0, 0.05) is 24.7 Å². The van der Waals surface area contributed by atoms with Gasteiger partial charge in [-0.3, -0.25) is 4.79 Å². The molecule has 5 rings (SSSR count). The molecule has 9 heteroatoms. The summed E-state index contributed by atoms with van der Waals surface area (Å²) >= 11 is 0. The minimum atomic E-state index is -0.192. The number of amides is 1. The van der Waals surface area contributed by atoms with Gasteiger partial charge in [-0.1, -0.05) is 12.5 Å². The largest absolute Gasteiger partial charge is 0.423 e. The zero-order valence-electron chi connectivity index (χ0n) is 17.8. The van der Waals surface area contributed by atoms with E-state index in [1.165, 1.54) is 19.3 Å². The number of hydrogen-bond donors (Lipinski definition) is 2. The molecule has 170 valence electrons. The Hall–Kier alpha value is -1.87. The van der Waals surface area contributed by atoms with E-state index in [1.54, 1.807) is 0 Å². The first kappa shape index (κ1) is 22.3. The average molecular weight is 451 g/mol. The van der Waals surface area contributed by atoms with Crippen molar-refractivity contribution in [2.75, 3.05) is 38.3 Å². The van der Waals surface area contributed by atoms with Crippen molar-refractivity contribution >= 4 is 35.4 Å². The van der Waals surface area contributed by atoms with Crippen LogP contribution in [0.1, 0.15) is 42.5 Å². The number of anilines is 1. The number of para-hydroxylation sites is 1. The van der Waals surface area contributed by atoms with Gasteiger partial charge in [0.25, 0.3) is 11.9 Å². The highest BCUT2D eigenvalue weighted by atomic mass is 35.5. The molecule has 1 amide bonds. The number of carbonyl (C=O) groups excluding carboxylic acids is 1. The number of benzene rings is 1. The first-order valence-corrected chi connectivity index (χ1v) is 11.0. The monoisotopic (exact) mass is 450 g/mol.